The lowest BCUT2D eigenvalue weighted by Gasteiger charge is -2.11. The average molecular weight is 265 g/mol. The standard InChI is InChI=1S/C10H11N5O4/c1-4-3-6(17)15(14-4)10-12-8(18)7(9(19)13-10)11-5(2)16/h3H2,1-2H3,(H,11,16)(H2,12,13,18,19). The first-order valence-corrected chi connectivity index (χ1v) is 5.36. The maximum Gasteiger partial charge on any atom is 0.280 e. The summed E-state index contributed by atoms with van der Waals surface area (Å²) in [5.41, 5.74) is -0.577. The molecule has 0 bridgehead atoms. The molecule has 0 radical (unpaired) electrons. The Bertz CT molecular complexity index is 648. The van der Waals surface area contributed by atoms with Crippen LogP contribution >= 0.6 is 0 Å². The van der Waals surface area contributed by atoms with Gasteiger partial charge in [0.25, 0.3) is 11.5 Å². The molecule has 3 N–H and O–H groups in total. The van der Waals surface area contributed by atoms with Gasteiger partial charge in [-0.3, -0.25) is 19.4 Å². The van der Waals surface area contributed by atoms with Crippen LogP contribution in [0.25, 0.3) is 0 Å². The van der Waals surface area contributed by atoms with E-state index in [1.165, 1.54) is 6.92 Å². The van der Waals surface area contributed by atoms with E-state index in [0.29, 0.717) is 5.71 Å². The van der Waals surface area contributed by atoms with Crippen molar-refractivity contribution in [2.75, 3.05) is 10.3 Å². The van der Waals surface area contributed by atoms with Gasteiger partial charge in [0.05, 0.1) is 6.42 Å². The molecule has 0 fully saturated rings. The van der Waals surface area contributed by atoms with Gasteiger partial charge in [0.2, 0.25) is 17.7 Å². The summed E-state index contributed by atoms with van der Waals surface area (Å²) in [7, 11) is 0. The van der Waals surface area contributed by atoms with Crippen LogP contribution in [0.2, 0.25) is 0 Å². The number of hydrogen-bond donors (Lipinski definition) is 3. The van der Waals surface area contributed by atoms with E-state index in [0.717, 1.165) is 5.01 Å². The molecule has 2 amide bonds. The van der Waals surface area contributed by atoms with Crippen molar-refractivity contribution in [3.05, 3.63) is 10.4 Å². The van der Waals surface area contributed by atoms with Gasteiger partial charge in [0.15, 0.2) is 5.69 Å². The molecule has 1 aromatic rings. The third-order valence-corrected chi connectivity index (χ3v) is 2.30. The van der Waals surface area contributed by atoms with Gasteiger partial charge < -0.3 is 10.4 Å². The van der Waals surface area contributed by atoms with E-state index >= 15 is 0 Å². The van der Waals surface area contributed by atoms with Crippen LogP contribution in [0.4, 0.5) is 11.6 Å². The molecular weight excluding hydrogens is 254 g/mol. The van der Waals surface area contributed by atoms with Crippen LogP contribution in [0, 0.1) is 0 Å². The van der Waals surface area contributed by atoms with Crippen molar-refractivity contribution in [2.24, 2.45) is 5.10 Å². The second-order valence-electron chi connectivity index (χ2n) is 3.99. The fraction of sp³-hybridized carbons (Fsp3) is 0.300. The third-order valence-electron chi connectivity index (χ3n) is 2.30. The van der Waals surface area contributed by atoms with Crippen molar-refractivity contribution in [3.63, 3.8) is 0 Å². The number of carbonyl (C=O) groups excluding carboxylic acids is 2. The van der Waals surface area contributed by atoms with Crippen LogP contribution in [0.3, 0.4) is 0 Å². The molecule has 9 heteroatoms. The number of anilines is 2. The summed E-state index contributed by atoms with van der Waals surface area (Å²) >= 11 is 0. The molecule has 0 unspecified atom stereocenters. The molecule has 100 valence electrons. The first kappa shape index (κ1) is 12.7. The summed E-state index contributed by atoms with van der Waals surface area (Å²) in [4.78, 5) is 40.0. The number of nitrogens with zero attached hydrogens (tertiary/aromatic N) is 3. The third kappa shape index (κ3) is 2.44. The Morgan fingerprint density at radius 2 is 2.16 bits per heavy atom. The summed E-state index contributed by atoms with van der Waals surface area (Å²) in [5, 5.41) is 16.5. The van der Waals surface area contributed by atoms with Crippen molar-refractivity contribution in [2.45, 2.75) is 20.3 Å². The number of hydrogen-bond acceptors (Lipinski definition) is 6. The van der Waals surface area contributed by atoms with Crippen molar-refractivity contribution < 1.29 is 14.7 Å². The van der Waals surface area contributed by atoms with E-state index in [-0.39, 0.29) is 24.0 Å². The minimum Gasteiger partial charge on any atom is -0.492 e. The van der Waals surface area contributed by atoms with Gasteiger partial charge in [-0.15, -0.1) is 0 Å². The van der Waals surface area contributed by atoms with Gasteiger partial charge in [-0.05, 0) is 6.92 Å². The lowest BCUT2D eigenvalue weighted by Crippen LogP contribution is -2.26. The van der Waals surface area contributed by atoms with E-state index in [9.17, 15) is 19.5 Å². The number of carbonyl (C=O) groups is 2. The predicted molar refractivity (Wildman–Crippen MR) is 66.0 cm³/mol. The summed E-state index contributed by atoms with van der Waals surface area (Å²) in [6.45, 7) is 2.84. The molecule has 2 rings (SSSR count). The number of amides is 2. The topological polar surface area (TPSA) is 128 Å². The van der Waals surface area contributed by atoms with E-state index in [2.05, 4.69) is 20.4 Å². The average Bonchev–Trinajstić information content (AvgIpc) is 2.62. The highest BCUT2D eigenvalue weighted by molar-refractivity contribution is 6.11. The molecule has 9 nitrogen and oxygen atoms in total. The SMILES string of the molecule is CC(=O)Nc1c(O)nc(N2N=C(C)CC2=O)[nH]c1=O. The van der Waals surface area contributed by atoms with Crippen LogP contribution in [0.5, 0.6) is 5.88 Å². The van der Waals surface area contributed by atoms with Gasteiger partial charge in [0, 0.05) is 12.6 Å². The monoisotopic (exact) mass is 265 g/mol. The first-order valence-electron chi connectivity index (χ1n) is 5.36. The quantitative estimate of drug-likeness (QED) is 0.667. The molecular formula is C10H11N5O4. The van der Waals surface area contributed by atoms with E-state index in [4.69, 9.17) is 0 Å². The zero-order chi connectivity index (χ0) is 14.2. The second kappa shape index (κ2) is 4.52. The second-order valence-corrected chi connectivity index (χ2v) is 3.99. The highest BCUT2D eigenvalue weighted by Gasteiger charge is 2.26. The summed E-state index contributed by atoms with van der Waals surface area (Å²) < 4.78 is 0. The van der Waals surface area contributed by atoms with Crippen LogP contribution < -0.4 is 15.9 Å². The number of rotatable bonds is 2. The van der Waals surface area contributed by atoms with Crippen LogP contribution in [-0.2, 0) is 9.59 Å². The molecule has 0 saturated heterocycles. The lowest BCUT2D eigenvalue weighted by atomic mass is 10.3. The zero-order valence-corrected chi connectivity index (χ0v) is 10.2. The number of aromatic amines is 1. The van der Waals surface area contributed by atoms with E-state index < -0.39 is 17.3 Å². The van der Waals surface area contributed by atoms with Gasteiger partial charge in [-0.2, -0.15) is 15.1 Å². The van der Waals surface area contributed by atoms with Gasteiger partial charge in [-0.25, -0.2) is 0 Å². The molecule has 0 aromatic carbocycles. The van der Waals surface area contributed by atoms with Crippen molar-refractivity contribution in [1.82, 2.24) is 9.97 Å². The smallest absolute Gasteiger partial charge is 0.280 e. The Hall–Kier alpha value is -2.71. The van der Waals surface area contributed by atoms with Gasteiger partial charge in [0.1, 0.15) is 0 Å². The molecule has 0 aliphatic carbocycles. The number of aromatic hydroxyl groups is 1. The molecule has 19 heavy (non-hydrogen) atoms. The highest BCUT2D eigenvalue weighted by atomic mass is 16.3. The molecule has 2 heterocycles. The van der Waals surface area contributed by atoms with Crippen LogP contribution in [-0.4, -0.2) is 32.6 Å². The number of nitrogens with one attached hydrogen (secondary N) is 2. The molecule has 0 saturated carbocycles. The number of aromatic nitrogens is 2. The molecule has 1 aliphatic heterocycles. The fourth-order valence-corrected chi connectivity index (χ4v) is 1.56. The fourth-order valence-electron chi connectivity index (χ4n) is 1.56. The zero-order valence-electron chi connectivity index (χ0n) is 10.2. The van der Waals surface area contributed by atoms with Gasteiger partial charge >= 0.3 is 0 Å². The number of hydrazone groups is 1. The van der Waals surface area contributed by atoms with E-state index in [1.54, 1.807) is 6.92 Å². The minimum absolute atomic E-state index is 0.123. The van der Waals surface area contributed by atoms with Crippen LogP contribution in [0.15, 0.2) is 9.90 Å². The number of H-pyrrole nitrogens is 1. The van der Waals surface area contributed by atoms with Crippen molar-refractivity contribution in [1.29, 1.82) is 0 Å². The molecule has 1 aliphatic rings. The van der Waals surface area contributed by atoms with Crippen molar-refractivity contribution in [3.8, 4) is 5.88 Å². The largest absolute Gasteiger partial charge is 0.492 e. The van der Waals surface area contributed by atoms with Crippen LogP contribution in [0.1, 0.15) is 20.3 Å². The molecule has 1 aromatic heterocycles. The maximum atomic E-state index is 11.7. The minimum atomic E-state index is -0.773. The summed E-state index contributed by atoms with van der Waals surface area (Å²) in [6.07, 6.45) is 0.123. The van der Waals surface area contributed by atoms with Crippen molar-refractivity contribution >= 4 is 29.2 Å². The molecule has 0 atom stereocenters. The Balaban J connectivity index is 2.43. The lowest BCUT2D eigenvalue weighted by molar-refractivity contribution is -0.117. The summed E-state index contributed by atoms with van der Waals surface area (Å²) in [6, 6.07) is 0. The first-order chi connectivity index (χ1) is 8.88. The highest BCUT2D eigenvalue weighted by Crippen LogP contribution is 2.21. The summed E-state index contributed by atoms with van der Waals surface area (Å²) in [5.74, 6) is -1.77. The van der Waals surface area contributed by atoms with Gasteiger partial charge in [-0.1, -0.05) is 0 Å². The Kier molecular flexibility index (Phi) is 3.03. The Morgan fingerprint density at radius 3 is 2.63 bits per heavy atom. The predicted octanol–water partition coefficient (Wildman–Crippen LogP) is -0.454. The van der Waals surface area contributed by atoms with E-state index in [1.807, 2.05) is 0 Å². The Morgan fingerprint density at radius 1 is 1.47 bits per heavy atom. The Labute approximate surface area is 107 Å². The maximum absolute atomic E-state index is 11.7. The normalized spacial score (nSPS) is 14.5. The molecule has 0 spiro atoms.